The number of hydrogen-bond donors (Lipinski definition) is 0. The van der Waals surface area contributed by atoms with E-state index in [1.54, 1.807) is 0 Å². The summed E-state index contributed by atoms with van der Waals surface area (Å²) in [5, 5.41) is 0.871. The van der Waals surface area contributed by atoms with Crippen LogP contribution in [0.15, 0.2) is 48.6 Å². The quantitative estimate of drug-likeness (QED) is 0.0366. The van der Waals surface area contributed by atoms with Gasteiger partial charge in [0.25, 0.3) is 0 Å². The van der Waals surface area contributed by atoms with Crippen molar-refractivity contribution in [3.63, 3.8) is 0 Å². The molecule has 0 aliphatic carbocycles. The van der Waals surface area contributed by atoms with Gasteiger partial charge in [-0.1, -0.05) is 174 Å². The molecule has 0 heterocycles. The molecule has 1 nitrogen and oxygen atoms in total. The topological polar surface area (TPSA) is 3.24 Å². The average Bonchev–Trinajstić information content (AvgIpc) is 3.05. The number of allylic oxidation sites excluding steroid dienone is 8. The molecule has 0 fully saturated rings. The minimum absolute atomic E-state index is 0.871. The normalized spacial score (nSPS) is 12.6. The molecule has 0 atom stereocenters. The predicted molar refractivity (Wildman–Crippen MR) is 220 cm³/mol. The molecule has 0 N–H and O–H groups in total. The molecule has 0 saturated heterocycles. The average molecular weight is 676 g/mol. The Balaban J connectivity index is 3.93. The highest BCUT2D eigenvalue weighted by Crippen LogP contribution is 2.34. The van der Waals surface area contributed by atoms with Gasteiger partial charge in [0, 0.05) is 11.0 Å². The van der Waals surface area contributed by atoms with Gasteiger partial charge in [0.1, 0.15) is 0 Å². The third-order valence-electron chi connectivity index (χ3n) is 8.74. The molecule has 0 saturated carbocycles. The van der Waals surface area contributed by atoms with Crippen LogP contribution in [0.1, 0.15) is 194 Å². The summed E-state index contributed by atoms with van der Waals surface area (Å²) in [7, 11) is 8.78. The van der Waals surface area contributed by atoms with Gasteiger partial charge in [0.15, 0.2) is 0 Å². The van der Waals surface area contributed by atoms with Gasteiger partial charge in [-0.25, -0.2) is 0 Å². The SMILES string of the molecule is CCCCC/C=C\C/C=C\CCCCCCCCC(CCCCCCCC/C=C\C/C=C\CCCCC)SSCCCCN(C)C. The van der Waals surface area contributed by atoms with E-state index in [2.05, 4.69) is 103 Å². The van der Waals surface area contributed by atoms with E-state index in [-0.39, 0.29) is 0 Å². The second-order valence-corrected chi connectivity index (χ2v) is 16.6. The fourth-order valence-electron chi connectivity index (χ4n) is 5.69. The second-order valence-electron chi connectivity index (χ2n) is 13.8. The maximum Gasteiger partial charge on any atom is 0.0151 e. The van der Waals surface area contributed by atoms with E-state index in [1.165, 1.54) is 179 Å². The maximum absolute atomic E-state index is 2.41. The van der Waals surface area contributed by atoms with Gasteiger partial charge in [-0.2, -0.15) is 0 Å². The van der Waals surface area contributed by atoms with Gasteiger partial charge in [0.2, 0.25) is 0 Å². The molecular weight excluding hydrogens is 595 g/mol. The van der Waals surface area contributed by atoms with Gasteiger partial charge in [-0.3, -0.25) is 0 Å². The summed E-state index contributed by atoms with van der Waals surface area (Å²) in [6.45, 7) is 5.78. The number of unbranched alkanes of at least 4 members (excludes halogenated alkanes) is 19. The molecule has 3 heteroatoms. The van der Waals surface area contributed by atoms with E-state index >= 15 is 0 Å². The lowest BCUT2D eigenvalue weighted by Crippen LogP contribution is -2.12. The van der Waals surface area contributed by atoms with Crippen LogP contribution in [0.25, 0.3) is 0 Å². The van der Waals surface area contributed by atoms with E-state index in [0.717, 1.165) is 18.1 Å². The Hall–Kier alpha value is -0.380. The van der Waals surface area contributed by atoms with Crippen LogP contribution in [0.4, 0.5) is 0 Å². The van der Waals surface area contributed by atoms with Crippen molar-refractivity contribution in [1.82, 2.24) is 4.90 Å². The van der Waals surface area contributed by atoms with E-state index in [0.29, 0.717) is 0 Å². The van der Waals surface area contributed by atoms with Crippen LogP contribution in [0.2, 0.25) is 0 Å². The molecule has 0 spiro atoms. The first-order valence-electron chi connectivity index (χ1n) is 20.2. The Morgan fingerprint density at radius 3 is 1.24 bits per heavy atom. The van der Waals surface area contributed by atoms with Crippen molar-refractivity contribution in [2.45, 2.75) is 199 Å². The highest BCUT2D eigenvalue weighted by Gasteiger charge is 2.10. The highest BCUT2D eigenvalue weighted by molar-refractivity contribution is 8.76. The Kier molecular flexibility index (Phi) is 40.5. The van der Waals surface area contributed by atoms with Crippen LogP contribution in [-0.4, -0.2) is 36.5 Å². The molecule has 0 bridgehead atoms. The van der Waals surface area contributed by atoms with Gasteiger partial charge >= 0.3 is 0 Å². The molecule has 46 heavy (non-hydrogen) atoms. The lowest BCUT2D eigenvalue weighted by atomic mass is 10.0. The lowest BCUT2D eigenvalue weighted by molar-refractivity contribution is 0.399. The van der Waals surface area contributed by atoms with Crippen LogP contribution in [-0.2, 0) is 0 Å². The van der Waals surface area contributed by atoms with Crippen molar-refractivity contribution in [3.05, 3.63) is 48.6 Å². The zero-order chi connectivity index (χ0) is 33.4. The first-order valence-corrected chi connectivity index (χ1v) is 22.6. The molecule has 0 aromatic carbocycles. The molecule has 0 aromatic rings. The Morgan fingerprint density at radius 1 is 0.435 bits per heavy atom. The Labute approximate surface area is 299 Å². The van der Waals surface area contributed by atoms with E-state index in [1.807, 2.05) is 0 Å². The molecule has 270 valence electrons. The van der Waals surface area contributed by atoms with E-state index in [9.17, 15) is 0 Å². The number of nitrogens with zero attached hydrogens (tertiary/aromatic N) is 1. The van der Waals surface area contributed by atoms with Crippen LogP contribution < -0.4 is 0 Å². The van der Waals surface area contributed by atoms with Crippen LogP contribution in [0.5, 0.6) is 0 Å². The van der Waals surface area contributed by atoms with Crippen LogP contribution in [0.3, 0.4) is 0 Å². The van der Waals surface area contributed by atoms with Gasteiger partial charge in [-0.05, 0) is 111 Å². The summed E-state index contributed by atoms with van der Waals surface area (Å²) in [4.78, 5) is 2.32. The molecule has 0 aliphatic heterocycles. The summed E-state index contributed by atoms with van der Waals surface area (Å²) >= 11 is 0. The molecular formula is C43H81NS2. The van der Waals surface area contributed by atoms with Crippen LogP contribution in [0, 0.1) is 0 Å². The Morgan fingerprint density at radius 2 is 0.826 bits per heavy atom. The van der Waals surface area contributed by atoms with Crippen molar-refractivity contribution < 1.29 is 0 Å². The fraction of sp³-hybridized carbons (Fsp3) is 0.814. The zero-order valence-electron chi connectivity index (χ0n) is 31.7. The van der Waals surface area contributed by atoms with Crippen molar-refractivity contribution in [1.29, 1.82) is 0 Å². The summed E-state index contributed by atoms with van der Waals surface area (Å²) < 4.78 is 0. The fourth-order valence-corrected chi connectivity index (χ4v) is 8.63. The van der Waals surface area contributed by atoms with Gasteiger partial charge < -0.3 is 4.90 Å². The Bertz CT molecular complexity index is 632. The highest BCUT2D eigenvalue weighted by atomic mass is 33.1. The predicted octanol–water partition coefficient (Wildman–Crippen LogP) is 15.5. The third kappa shape index (κ3) is 39.8. The third-order valence-corrected chi connectivity index (χ3v) is 11.8. The van der Waals surface area contributed by atoms with Crippen molar-refractivity contribution in [3.8, 4) is 0 Å². The first-order chi connectivity index (χ1) is 22.7. The molecule has 0 rings (SSSR count). The smallest absolute Gasteiger partial charge is 0.0151 e. The zero-order valence-corrected chi connectivity index (χ0v) is 33.3. The standard InChI is InChI=1S/C43H81NS2/c1-5-7-9-11-13-15-17-19-21-23-25-27-29-31-33-35-39-43(46-45-42-38-37-41-44(3)4)40-36-34-32-30-28-26-24-22-20-18-16-14-12-10-8-6-2/h13-16,19-22,43H,5-12,17-18,23-42H2,1-4H3/b15-13-,16-14-,21-19-,22-20-. The molecule has 0 aliphatic rings. The number of hydrogen-bond acceptors (Lipinski definition) is 3. The molecule has 0 unspecified atom stereocenters. The minimum atomic E-state index is 0.871. The largest absolute Gasteiger partial charge is 0.309 e. The first kappa shape index (κ1) is 45.6. The lowest BCUT2D eigenvalue weighted by Gasteiger charge is -2.16. The van der Waals surface area contributed by atoms with Crippen molar-refractivity contribution in [2.75, 3.05) is 26.4 Å². The summed E-state index contributed by atoms with van der Waals surface area (Å²) in [6, 6.07) is 0. The summed E-state index contributed by atoms with van der Waals surface area (Å²) in [6.07, 6.45) is 56.9. The van der Waals surface area contributed by atoms with Gasteiger partial charge in [0.05, 0.1) is 0 Å². The maximum atomic E-state index is 2.41. The monoisotopic (exact) mass is 676 g/mol. The minimum Gasteiger partial charge on any atom is -0.309 e. The molecule has 0 amide bonds. The van der Waals surface area contributed by atoms with E-state index in [4.69, 9.17) is 0 Å². The van der Waals surface area contributed by atoms with Crippen LogP contribution >= 0.6 is 21.6 Å². The van der Waals surface area contributed by atoms with E-state index < -0.39 is 0 Å². The molecule has 0 aromatic heterocycles. The van der Waals surface area contributed by atoms with Crippen molar-refractivity contribution >= 4 is 21.6 Å². The molecule has 0 radical (unpaired) electrons. The second kappa shape index (κ2) is 40.8. The summed E-state index contributed by atoms with van der Waals surface area (Å²) in [5.41, 5.74) is 0. The van der Waals surface area contributed by atoms with Crippen molar-refractivity contribution in [2.24, 2.45) is 0 Å². The number of rotatable bonds is 37. The van der Waals surface area contributed by atoms with Gasteiger partial charge in [-0.15, -0.1) is 0 Å². The summed E-state index contributed by atoms with van der Waals surface area (Å²) in [5.74, 6) is 1.32.